The van der Waals surface area contributed by atoms with Gasteiger partial charge in [-0.3, -0.25) is 9.69 Å². The minimum absolute atomic E-state index is 0.0139. The fourth-order valence-corrected chi connectivity index (χ4v) is 3.68. The van der Waals surface area contributed by atoms with Gasteiger partial charge in [-0.2, -0.15) is 0 Å². The molecule has 0 radical (unpaired) electrons. The Morgan fingerprint density at radius 3 is 1.91 bits per heavy atom. The van der Waals surface area contributed by atoms with Crippen molar-refractivity contribution in [2.24, 2.45) is 11.8 Å². The molecule has 1 aliphatic heterocycles. The lowest BCUT2D eigenvalue weighted by atomic mass is 9.75. The summed E-state index contributed by atoms with van der Waals surface area (Å²) in [4.78, 5) is 27.9. The fraction of sp³-hybridized carbons (Fsp3) is 0.529. The van der Waals surface area contributed by atoms with E-state index in [1.807, 2.05) is 27.7 Å². The average molecular weight is 324 g/mol. The number of rotatable bonds is 4. The van der Waals surface area contributed by atoms with E-state index in [1.165, 1.54) is 24.1 Å². The molecule has 0 aromatic heterocycles. The van der Waals surface area contributed by atoms with Crippen molar-refractivity contribution in [3.05, 3.63) is 35.4 Å². The van der Waals surface area contributed by atoms with Crippen LogP contribution in [-0.2, 0) is 11.3 Å². The zero-order valence-electron chi connectivity index (χ0n) is 14.1. The number of urea groups is 1. The Hall–Kier alpha value is -1.98. The van der Waals surface area contributed by atoms with Crippen LogP contribution in [0.5, 0.6) is 0 Å². The second-order valence-corrected chi connectivity index (χ2v) is 6.65. The molecule has 3 amide bonds. The van der Waals surface area contributed by atoms with Gasteiger partial charge in [0.15, 0.2) is 0 Å². The Balaban J connectivity index is 2.52. The quantitative estimate of drug-likeness (QED) is 0.796. The zero-order chi connectivity index (χ0) is 17.5. The molecule has 1 fully saturated rings. The number of imide groups is 1. The minimum atomic E-state index is -1.02. The first-order valence-corrected chi connectivity index (χ1v) is 7.67. The number of nitrogens with zero attached hydrogens (tertiary/aromatic N) is 2. The van der Waals surface area contributed by atoms with Crippen LogP contribution in [-0.4, -0.2) is 34.3 Å². The summed E-state index contributed by atoms with van der Waals surface area (Å²) >= 11 is 0. The predicted octanol–water partition coefficient (Wildman–Crippen LogP) is 3.41. The van der Waals surface area contributed by atoms with Crippen LogP contribution in [0, 0.1) is 23.5 Å². The monoisotopic (exact) mass is 324 g/mol. The van der Waals surface area contributed by atoms with Gasteiger partial charge in [-0.15, -0.1) is 0 Å². The van der Waals surface area contributed by atoms with Gasteiger partial charge >= 0.3 is 6.03 Å². The normalized spacial score (nSPS) is 17.8. The number of carbonyl (C=O) groups excluding carboxylic acids is 2. The molecule has 6 heteroatoms. The van der Waals surface area contributed by atoms with Crippen molar-refractivity contribution in [2.75, 3.05) is 7.05 Å². The summed E-state index contributed by atoms with van der Waals surface area (Å²) in [5, 5.41) is 0. The Morgan fingerprint density at radius 2 is 1.48 bits per heavy atom. The number of hydrogen-bond donors (Lipinski definition) is 0. The molecule has 0 atom stereocenters. The van der Waals surface area contributed by atoms with E-state index in [0.717, 1.165) is 11.0 Å². The summed E-state index contributed by atoms with van der Waals surface area (Å²) in [6, 6.07) is 2.71. The van der Waals surface area contributed by atoms with Crippen LogP contribution in [0.1, 0.15) is 33.3 Å². The summed E-state index contributed by atoms with van der Waals surface area (Å²) in [5.41, 5.74) is -0.695. The predicted molar refractivity (Wildman–Crippen MR) is 82.5 cm³/mol. The Kier molecular flexibility index (Phi) is 4.46. The molecule has 0 spiro atoms. The summed E-state index contributed by atoms with van der Waals surface area (Å²) in [6.07, 6.45) is 0. The van der Waals surface area contributed by atoms with Crippen LogP contribution in [0.4, 0.5) is 13.6 Å². The smallest absolute Gasteiger partial charge is 0.305 e. The number of carbonyl (C=O) groups is 2. The van der Waals surface area contributed by atoms with Crippen molar-refractivity contribution >= 4 is 11.9 Å². The molecule has 1 aromatic rings. The molecule has 1 saturated heterocycles. The third kappa shape index (κ3) is 2.60. The van der Waals surface area contributed by atoms with Gasteiger partial charge in [0.25, 0.3) is 5.91 Å². The highest BCUT2D eigenvalue weighted by molar-refractivity contribution is 6.07. The first-order chi connectivity index (χ1) is 10.6. The summed E-state index contributed by atoms with van der Waals surface area (Å²) in [7, 11) is 1.44. The lowest BCUT2D eigenvalue weighted by molar-refractivity contribution is -0.137. The maximum Gasteiger partial charge on any atom is 0.327 e. The van der Waals surface area contributed by atoms with E-state index in [1.54, 1.807) is 0 Å². The highest BCUT2D eigenvalue weighted by Gasteiger charge is 2.59. The van der Waals surface area contributed by atoms with Gasteiger partial charge < -0.3 is 4.90 Å². The molecule has 23 heavy (non-hydrogen) atoms. The number of amides is 3. The van der Waals surface area contributed by atoms with E-state index in [9.17, 15) is 18.4 Å². The fourth-order valence-electron chi connectivity index (χ4n) is 3.68. The number of benzene rings is 1. The highest BCUT2D eigenvalue weighted by Crippen LogP contribution is 2.41. The van der Waals surface area contributed by atoms with Crippen molar-refractivity contribution in [2.45, 2.75) is 39.8 Å². The molecule has 2 rings (SSSR count). The van der Waals surface area contributed by atoms with Gasteiger partial charge in [-0.05, 0) is 29.5 Å². The van der Waals surface area contributed by atoms with E-state index in [2.05, 4.69) is 0 Å². The zero-order valence-corrected chi connectivity index (χ0v) is 14.1. The molecule has 0 saturated carbocycles. The Labute approximate surface area is 135 Å². The summed E-state index contributed by atoms with van der Waals surface area (Å²) in [6.45, 7) is 7.50. The molecule has 0 bridgehead atoms. The number of halogens is 2. The van der Waals surface area contributed by atoms with Crippen LogP contribution in [0.3, 0.4) is 0 Å². The van der Waals surface area contributed by atoms with Crippen LogP contribution in [0.2, 0.25) is 0 Å². The minimum Gasteiger partial charge on any atom is -0.305 e. The molecule has 4 nitrogen and oxygen atoms in total. The molecule has 1 aromatic carbocycles. The van der Waals surface area contributed by atoms with E-state index in [4.69, 9.17) is 0 Å². The van der Waals surface area contributed by atoms with Gasteiger partial charge in [0.1, 0.15) is 17.2 Å². The second-order valence-electron chi connectivity index (χ2n) is 6.65. The van der Waals surface area contributed by atoms with Gasteiger partial charge in [-0.1, -0.05) is 27.7 Å². The van der Waals surface area contributed by atoms with Crippen molar-refractivity contribution in [3.8, 4) is 0 Å². The van der Waals surface area contributed by atoms with Crippen molar-refractivity contribution in [3.63, 3.8) is 0 Å². The standard InChI is InChI=1S/C17H22F2N2O2/c1-10(2)17(11(3)4)15(22)20(5)16(23)21(17)9-12-6-13(18)8-14(19)7-12/h6-8,10-11H,9H2,1-5H3. The SMILES string of the molecule is CC(C)C1(C(C)C)C(=O)N(C)C(=O)N1Cc1cc(F)cc(F)c1. The topological polar surface area (TPSA) is 40.6 Å². The van der Waals surface area contributed by atoms with Gasteiger partial charge in [0.05, 0.1) is 0 Å². The maximum absolute atomic E-state index is 13.4. The molecule has 1 aliphatic rings. The van der Waals surface area contributed by atoms with Crippen molar-refractivity contribution in [1.29, 1.82) is 0 Å². The lowest BCUT2D eigenvalue weighted by Crippen LogP contribution is -2.57. The average Bonchev–Trinajstić information content (AvgIpc) is 2.60. The summed E-state index contributed by atoms with van der Waals surface area (Å²) in [5.74, 6) is -1.95. The van der Waals surface area contributed by atoms with E-state index < -0.39 is 23.2 Å². The second kappa shape index (κ2) is 5.91. The Morgan fingerprint density at radius 1 is 1.00 bits per heavy atom. The molecule has 0 unspecified atom stereocenters. The first kappa shape index (κ1) is 17.4. The largest absolute Gasteiger partial charge is 0.327 e. The van der Waals surface area contributed by atoms with Crippen molar-refractivity contribution < 1.29 is 18.4 Å². The van der Waals surface area contributed by atoms with E-state index in [0.29, 0.717) is 5.56 Å². The number of likely N-dealkylation sites (N-methyl/N-ethyl adjacent to an activating group) is 1. The van der Waals surface area contributed by atoms with E-state index >= 15 is 0 Å². The molecule has 0 aliphatic carbocycles. The molecule has 0 N–H and O–H groups in total. The lowest BCUT2D eigenvalue weighted by Gasteiger charge is -2.42. The van der Waals surface area contributed by atoms with Gasteiger partial charge in [0, 0.05) is 19.7 Å². The van der Waals surface area contributed by atoms with Crippen molar-refractivity contribution in [1.82, 2.24) is 9.80 Å². The molecule has 1 heterocycles. The molecular weight excluding hydrogens is 302 g/mol. The maximum atomic E-state index is 13.4. The highest BCUT2D eigenvalue weighted by atomic mass is 19.1. The van der Waals surface area contributed by atoms with E-state index in [-0.39, 0.29) is 24.3 Å². The molecular formula is C17H22F2N2O2. The van der Waals surface area contributed by atoms with Gasteiger partial charge in [-0.25, -0.2) is 13.6 Å². The van der Waals surface area contributed by atoms with Crippen LogP contribution in [0.25, 0.3) is 0 Å². The van der Waals surface area contributed by atoms with Crippen LogP contribution >= 0.6 is 0 Å². The van der Waals surface area contributed by atoms with Crippen LogP contribution < -0.4 is 0 Å². The Bertz CT molecular complexity index is 615. The van der Waals surface area contributed by atoms with Gasteiger partial charge in [0.2, 0.25) is 0 Å². The van der Waals surface area contributed by atoms with Crippen LogP contribution in [0.15, 0.2) is 18.2 Å². The first-order valence-electron chi connectivity index (χ1n) is 7.67. The summed E-state index contributed by atoms with van der Waals surface area (Å²) < 4.78 is 26.9. The molecule has 126 valence electrons. The third-order valence-corrected chi connectivity index (χ3v) is 4.64. The third-order valence-electron chi connectivity index (χ3n) is 4.64. The number of hydrogen-bond acceptors (Lipinski definition) is 2.